The van der Waals surface area contributed by atoms with Crippen molar-refractivity contribution < 1.29 is 13.9 Å². The molecule has 0 fully saturated rings. The number of rotatable bonds is 5. The van der Waals surface area contributed by atoms with Crippen LogP contribution in [0.4, 0.5) is 10.1 Å². The molecule has 0 saturated carbocycles. The maximum absolute atomic E-state index is 13.0. The maximum atomic E-state index is 13.0. The maximum Gasteiger partial charge on any atom is 0.257 e. The molecule has 3 aromatic carbocycles. The fraction of sp³-hybridized carbons (Fsp3) is 0.0476. The molecule has 0 atom stereocenters. The van der Waals surface area contributed by atoms with E-state index in [9.17, 15) is 9.18 Å². The van der Waals surface area contributed by atoms with Gasteiger partial charge in [0.2, 0.25) is 0 Å². The summed E-state index contributed by atoms with van der Waals surface area (Å²) in [5.41, 5.74) is 1.94. The summed E-state index contributed by atoms with van der Waals surface area (Å²) >= 11 is 5.20. The highest BCUT2D eigenvalue weighted by Crippen LogP contribution is 2.16. The van der Waals surface area contributed by atoms with Crippen LogP contribution in [0, 0.1) is 5.82 Å². The number of halogens is 1. The Kier molecular flexibility index (Phi) is 6.12. The first kappa shape index (κ1) is 18.5. The Balaban J connectivity index is 1.64. The third kappa shape index (κ3) is 5.36. The Morgan fingerprint density at radius 2 is 1.59 bits per heavy atom. The van der Waals surface area contributed by atoms with E-state index in [-0.39, 0.29) is 23.4 Å². The number of carbonyl (C=O) groups excluding carboxylic acids is 1. The summed E-state index contributed by atoms with van der Waals surface area (Å²) in [6, 6.07) is 22.1. The predicted molar refractivity (Wildman–Crippen MR) is 107 cm³/mol. The van der Waals surface area contributed by atoms with Crippen molar-refractivity contribution in [2.24, 2.45) is 0 Å². The van der Waals surface area contributed by atoms with Crippen molar-refractivity contribution in [2.75, 3.05) is 5.32 Å². The van der Waals surface area contributed by atoms with Crippen LogP contribution in [-0.2, 0) is 6.61 Å². The molecule has 0 heterocycles. The van der Waals surface area contributed by atoms with Crippen LogP contribution in [0.1, 0.15) is 15.9 Å². The zero-order chi connectivity index (χ0) is 19.1. The van der Waals surface area contributed by atoms with Crippen molar-refractivity contribution in [3.05, 3.63) is 95.8 Å². The van der Waals surface area contributed by atoms with E-state index >= 15 is 0 Å². The molecule has 0 radical (unpaired) electrons. The molecular formula is C21H17FN2O2S. The van der Waals surface area contributed by atoms with Gasteiger partial charge in [-0.3, -0.25) is 10.1 Å². The molecule has 3 aromatic rings. The molecule has 0 aliphatic carbocycles. The lowest BCUT2D eigenvalue weighted by molar-refractivity contribution is 0.0975. The van der Waals surface area contributed by atoms with Crippen molar-refractivity contribution in [1.82, 2.24) is 5.32 Å². The van der Waals surface area contributed by atoms with Gasteiger partial charge in [-0.1, -0.05) is 36.4 Å². The highest BCUT2D eigenvalue weighted by atomic mass is 32.1. The van der Waals surface area contributed by atoms with E-state index in [1.165, 1.54) is 24.3 Å². The molecule has 0 bridgehead atoms. The number of thiocarbonyl (C=S) groups is 1. The molecule has 0 aliphatic heterocycles. The number of nitrogens with one attached hydrogen (secondary N) is 2. The monoisotopic (exact) mass is 380 g/mol. The van der Waals surface area contributed by atoms with Crippen LogP contribution >= 0.6 is 12.2 Å². The Hall–Kier alpha value is -3.25. The third-order valence-electron chi connectivity index (χ3n) is 3.73. The van der Waals surface area contributed by atoms with Crippen LogP contribution in [0.25, 0.3) is 0 Å². The molecule has 0 aromatic heterocycles. The Labute approximate surface area is 162 Å². The van der Waals surface area contributed by atoms with Crippen LogP contribution in [0.15, 0.2) is 78.9 Å². The summed E-state index contributed by atoms with van der Waals surface area (Å²) in [6.07, 6.45) is 0. The number of para-hydroxylation sites is 1. The second-order valence-corrected chi connectivity index (χ2v) is 6.08. The minimum atomic E-state index is -0.332. The van der Waals surface area contributed by atoms with E-state index in [2.05, 4.69) is 10.6 Å². The summed E-state index contributed by atoms with van der Waals surface area (Å²) < 4.78 is 18.6. The van der Waals surface area contributed by atoms with E-state index in [4.69, 9.17) is 17.0 Å². The van der Waals surface area contributed by atoms with Gasteiger partial charge in [0.05, 0.1) is 0 Å². The lowest BCUT2D eigenvalue weighted by Crippen LogP contribution is -2.34. The molecule has 1 amide bonds. The lowest BCUT2D eigenvalue weighted by Gasteiger charge is -2.13. The van der Waals surface area contributed by atoms with Gasteiger partial charge < -0.3 is 10.1 Å². The molecule has 0 aliphatic rings. The highest BCUT2D eigenvalue weighted by molar-refractivity contribution is 7.80. The first-order chi connectivity index (χ1) is 13.1. The molecular weight excluding hydrogens is 363 g/mol. The Morgan fingerprint density at radius 3 is 2.33 bits per heavy atom. The summed E-state index contributed by atoms with van der Waals surface area (Å²) in [6.45, 7) is 0.175. The SMILES string of the molecule is O=C(NC(=S)Nc1ccccc1)c1ccccc1COc1ccc(F)cc1. The first-order valence-corrected chi connectivity index (χ1v) is 8.66. The topological polar surface area (TPSA) is 50.4 Å². The van der Waals surface area contributed by atoms with Crippen LogP contribution in [0.3, 0.4) is 0 Å². The largest absolute Gasteiger partial charge is 0.489 e. The van der Waals surface area contributed by atoms with E-state index in [1.54, 1.807) is 18.2 Å². The fourth-order valence-electron chi connectivity index (χ4n) is 2.41. The van der Waals surface area contributed by atoms with Crippen LogP contribution in [0.5, 0.6) is 5.75 Å². The second-order valence-electron chi connectivity index (χ2n) is 5.67. The predicted octanol–water partition coefficient (Wildman–Crippen LogP) is 4.53. The van der Waals surface area contributed by atoms with Gasteiger partial charge in [-0.2, -0.15) is 0 Å². The normalized spacial score (nSPS) is 10.1. The first-order valence-electron chi connectivity index (χ1n) is 8.25. The minimum absolute atomic E-state index is 0.175. The number of hydrogen-bond acceptors (Lipinski definition) is 3. The van der Waals surface area contributed by atoms with Gasteiger partial charge in [0.25, 0.3) is 5.91 Å². The molecule has 0 saturated heterocycles. The van der Waals surface area contributed by atoms with E-state index in [0.717, 1.165) is 5.69 Å². The van der Waals surface area contributed by atoms with E-state index < -0.39 is 0 Å². The van der Waals surface area contributed by atoms with Gasteiger partial charge in [0, 0.05) is 16.8 Å². The molecule has 0 spiro atoms. The van der Waals surface area contributed by atoms with Crippen molar-refractivity contribution in [3.63, 3.8) is 0 Å². The zero-order valence-electron chi connectivity index (χ0n) is 14.3. The molecule has 27 heavy (non-hydrogen) atoms. The van der Waals surface area contributed by atoms with Gasteiger partial charge in [-0.25, -0.2) is 4.39 Å². The van der Waals surface area contributed by atoms with Gasteiger partial charge in [-0.05, 0) is 54.7 Å². The van der Waals surface area contributed by atoms with E-state index in [0.29, 0.717) is 16.9 Å². The molecule has 6 heteroatoms. The number of amides is 1. The summed E-state index contributed by atoms with van der Waals surface area (Å²) in [5, 5.41) is 5.83. The molecule has 4 nitrogen and oxygen atoms in total. The Morgan fingerprint density at radius 1 is 0.926 bits per heavy atom. The lowest BCUT2D eigenvalue weighted by atomic mass is 10.1. The van der Waals surface area contributed by atoms with Crippen LogP contribution in [0.2, 0.25) is 0 Å². The highest BCUT2D eigenvalue weighted by Gasteiger charge is 2.13. The van der Waals surface area contributed by atoms with Crippen molar-refractivity contribution in [2.45, 2.75) is 6.61 Å². The number of hydrogen-bond donors (Lipinski definition) is 2. The standard InChI is InChI=1S/C21H17FN2O2S/c22-16-10-12-18(13-11-16)26-14-15-6-4-5-9-19(15)20(25)24-21(27)23-17-7-2-1-3-8-17/h1-13H,14H2,(H2,23,24,25,27). The quantitative estimate of drug-likeness (QED) is 0.639. The molecule has 136 valence electrons. The smallest absolute Gasteiger partial charge is 0.257 e. The number of benzene rings is 3. The summed E-state index contributed by atoms with van der Waals surface area (Å²) in [5.74, 6) is -0.142. The van der Waals surface area contributed by atoms with E-state index in [1.807, 2.05) is 36.4 Å². The van der Waals surface area contributed by atoms with Crippen molar-refractivity contribution in [1.29, 1.82) is 0 Å². The summed E-state index contributed by atoms with van der Waals surface area (Å²) in [7, 11) is 0. The van der Waals surface area contributed by atoms with Gasteiger partial charge in [0.1, 0.15) is 18.2 Å². The third-order valence-corrected chi connectivity index (χ3v) is 3.93. The summed E-state index contributed by atoms with van der Waals surface area (Å²) in [4.78, 5) is 12.6. The van der Waals surface area contributed by atoms with Gasteiger partial charge in [0.15, 0.2) is 5.11 Å². The Bertz CT molecular complexity index is 930. The van der Waals surface area contributed by atoms with Crippen LogP contribution in [-0.4, -0.2) is 11.0 Å². The average molecular weight is 380 g/mol. The van der Waals surface area contributed by atoms with Gasteiger partial charge in [-0.15, -0.1) is 0 Å². The molecule has 2 N–H and O–H groups in total. The minimum Gasteiger partial charge on any atom is -0.489 e. The van der Waals surface area contributed by atoms with Gasteiger partial charge >= 0.3 is 0 Å². The van der Waals surface area contributed by atoms with Crippen LogP contribution < -0.4 is 15.4 Å². The molecule has 0 unspecified atom stereocenters. The number of anilines is 1. The second kappa shape index (κ2) is 8.91. The fourth-order valence-corrected chi connectivity index (χ4v) is 2.62. The number of ether oxygens (including phenoxy) is 1. The van der Waals surface area contributed by atoms with Crippen molar-refractivity contribution in [3.8, 4) is 5.75 Å². The number of carbonyl (C=O) groups is 1. The molecule has 3 rings (SSSR count). The average Bonchev–Trinajstić information content (AvgIpc) is 2.68. The van der Waals surface area contributed by atoms with Crippen molar-refractivity contribution >= 4 is 28.9 Å². The zero-order valence-corrected chi connectivity index (χ0v) is 15.1.